The molecule has 1 aromatic carbocycles. The van der Waals surface area contributed by atoms with E-state index >= 15 is 0 Å². The van der Waals surface area contributed by atoms with Crippen molar-refractivity contribution in [2.45, 2.75) is 32.8 Å². The Kier molecular flexibility index (Phi) is 4.25. The quantitative estimate of drug-likeness (QED) is 0.896. The lowest BCUT2D eigenvalue weighted by Gasteiger charge is -2.27. The van der Waals surface area contributed by atoms with E-state index in [4.69, 9.17) is 9.47 Å². The Bertz CT molecular complexity index is 385. The maximum absolute atomic E-state index is 10.5. The van der Waals surface area contributed by atoms with Gasteiger partial charge in [0.1, 0.15) is 5.75 Å². The van der Waals surface area contributed by atoms with Crippen molar-refractivity contribution in [2.75, 3.05) is 20.3 Å². The average Bonchev–Trinajstić information content (AvgIpc) is 2.38. The standard InChI is InChI=1S/C15H22O3/c1-10-8-13(9-11(2)15(10)17-3)14(16)12-4-6-18-7-5-12/h8-9,12,14,16H,4-7H2,1-3H3. The van der Waals surface area contributed by atoms with Crippen molar-refractivity contribution in [3.63, 3.8) is 0 Å². The molecule has 1 aliphatic rings. The molecule has 0 spiro atoms. The second kappa shape index (κ2) is 5.72. The molecule has 1 heterocycles. The number of aryl methyl sites for hydroxylation is 2. The van der Waals surface area contributed by atoms with E-state index in [2.05, 4.69) is 0 Å². The first-order chi connectivity index (χ1) is 8.63. The van der Waals surface area contributed by atoms with Crippen LogP contribution in [0.1, 0.15) is 35.6 Å². The van der Waals surface area contributed by atoms with E-state index in [9.17, 15) is 5.11 Å². The van der Waals surface area contributed by atoms with E-state index in [1.54, 1.807) is 7.11 Å². The maximum atomic E-state index is 10.5. The zero-order valence-electron chi connectivity index (χ0n) is 11.4. The molecule has 1 unspecified atom stereocenters. The Morgan fingerprint density at radius 3 is 2.28 bits per heavy atom. The van der Waals surface area contributed by atoms with Crippen molar-refractivity contribution in [3.8, 4) is 5.75 Å². The summed E-state index contributed by atoms with van der Waals surface area (Å²) in [6.45, 7) is 5.56. The van der Waals surface area contributed by atoms with Crippen molar-refractivity contribution in [2.24, 2.45) is 5.92 Å². The number of rotatable bonds is 3. The van der Waals surface area contributed by atoms with Gasteiger partial charge in [-0.3, -0.25) is 0 Å². The van der Waals surface area contributed by atoms with Crippen LogP contribution in [0.2, 0.25) is 0 Å². The summed E-state index contributed by atoms with van der Waals surface area (Å²) in [6.07, 6.45) is 1.48. The number of hydrogen-bond acceptors (Lipinski definition) is 3. The monoisotopic (exact) mass is 250 g/mol. The van der Waals surface area contributed by atoms with Crippen molar-refractivity contribution < 1.29 is 14.6 Å². The van der Waals surface area contributed by atoms with Crippen molar-refractivity contribution >= 4 is 0 Å². The highest BCUT2D eigenvalue weighted by Gasteiger charge is 2.24. The van der Waals surface area contributed by atoms with Gasteiger partial charge in [-0.1, -0.05) is 0 Å². The lowest BCUT2D eigenvalue weighted by atomic mass is 9.88. The van der Waals surface area contributed by atoms with Gasteiger partial charge in [-0.2, -0.15) is 0 Å². The molecule has 100 valence electrons. The van der Waals surface area contributed by atoms with Crippen LogP contribution in [0.5, 0.6) is 5.75 Å². The molecule has 0 bridgehead atoms. The predicted octanol–water partition coefficient (Wildman–Crippen LogP) is 2.77. The summed E-state index contributed by atoms with van der Waals surface area (Å²) in [5, 5.41) is 10.5. The summed E-state index contributed by atoms with van der Waals surface area (Å²) in [5.74, 6) is 1.23. The lowest BCUT2D eigenvalue weighted by molar-refractivity contribution is 0.00713. The highest BCUT2D eigenvalue weighted by atomic mass is 16.5. The van der Waals surface area contributed by atoms with Gasteiger partial charge in [0.25, 0.3) is 0 Å². The van der Waals surface area contributed by atoms with Crippen LogP contribution in [0.25, 0.3) is 0 Å². The molecule has 0 aromatic heterocycles. The number of aliphatic hydroxyl groups is 1. The van der Waals surface area contributed by atoms with Crippen LogP contribution in [0.15, 0.2) is 12.1 Å². The van der Waals surface area contributed by atoms with Gasteiger partial charge in [0, 0.05) is 13.2 Å². The molecule has 2 rings (SSSR count). The summed E-state index contributed by atoms with van der Waals surface area (Å²) in [7, 11) is 1.68. The van der Waals surface area contributed by atoms with Gasteiger partial charge in [-0.15, -0.1) is 0 Å². The molecule has 0 radical (unpaired) electrons. The molecule has 18 heavy (non-hydrogen) atoms. The third kappa shape index (κ3) is 2.68. The first kappa shape index (κ1) is 13.4. The minimum Gasteiger partial charge on any atom is -0.496 e. The summed E-state index contributed by atoms with van der Waals surface area (Å²) >= 11 is 0. The molecule has 1 aliphatic heterocycles. The van der Waals surface area contributed by atoms with Crippen LogP contribution < -0.4 is 4.74 Å². The predicted molar refractivity (Wildman–Crippen MR) is 71.0 cm³/mol. The van der Waals surface area contributed by atoms with Gasteiger partial charge in [0.15, 0.2) is 0 Å². The Morgan fingerprint density at radius 2 is 1.78 bits per heavy atom. The molecule has 1 N–H and O–H groups in total. The van der Waals surface area contributed by atoms with E-state index in [-0.39, 0.29) is 0 Å². The average molecular weight is 250 g/mol. The third-order valence-electron chi connectivity index (χ3n) is 3.74. The Hall–Kier alpha value is -1.06. The summed E-state index contributed by atoms with van der Waals surface area (Å²) in [4.78, 5) is 0. The largest absolute Gasteiger partial charge is 0.496 e. The van der Waals surface area contributed by atoms with Crippen LogP contribution in [-0.2, 0) is 4.74 Å². The fraction of sp³-hybridized carbons (Fsp3) is 0.600. The van der Waals surface area contributed by atoms with Gasteiger partial charge in [0.2, 0.25) is 0 Å². The second-order valence-electron chi connectivity index (χ2n) is 5.08. The van der Waals surface area contributed by atoms with Gasteiger partial charge >= 0.3 is 0 Å². The first-order valence-corrected chi connectivity index (χ1v) is 6.54. The number of ether oxygens (including phenoxy) is 2. The minimum absolute atomic E-state index is 0.311. The molecular weight excluding hydrogens is 228 g/mol. The SMILES string of the molecule is COc1c(C)cc(C(O)C2CCOCC2)cc1C. The van der Waals surface area contributed by atoms with Crippen molar-refractivity contribution in [1.29, 1.82) is 0 Å². The first-order valence-electron chi connectivity index (χ1n) is 6.54. The Labute approximate surface area is 109 Å². The highest BCUT2D eigenvalue weighted by Crippen LogP contribution is 2.33. The summed E-state index contributed by atoms with van der Waals surface area (Å²) < 4.78 is 10.7. The fourth-order valence-electron chi connectivity index (χ4n) is 2.78. The molecule has 1 atom stereocenters. The number of benzene rings is 1. The molecule has 3 nitrogen and oxygen atoms in total. The van der Waals surface area contributed by atoms with Crippen molar-refractivity contribution in [3.05, 3.63) is 28.8 Å². The van der Waals surface area contributed by atoms with Gasteiger partial charge in [-0.25, -0.2) is 0 Å². The van der Waals surface area contributed by atoms with Crippen LogP contribution in [0, 0.1) is 19.8 Å². The zero-order chi connectivity index (χ0) is 13.1. The van der Waals surface area contributed by atoms with Crippen LogP contribution in [-0.4, -0.2) is 25.4 Å². The molecule has 3 heteroatoms. The number of hydrogen-bond donors (Lipinski definition) is 1. The summed E-state index contributed by atoms with van der Waals surface area (Å²) in [5.41, 5.74) is 3.16. The molecule has 0 amide bonds. The maximum Gasteiger partial charge on any atom is 0.124 e. The zero-order valence-corrected chi connectivity index (χ0v) is 11.4. The molecule has 1 fully saturated rings. The Morgan fingerprint density at radius 1 is 1.22 bits per heavy atom. The third-order valence-corrected chi connectivity index (χ3v) is 3.74. The number of methoxy groups -OCH3 is 1. The van der Waals surface area contributed by atoms with E-state index < -0.39 is 6.10 Å². The van der Waals surface area contributed by atoms with E-state index in [1.807, 2.05) is 26.0 Å². The van der Waals surface area contributed by atoms with Gasteiger partial charge < -0.3 is 14.6 Å². The topological polar surface area (TPSA) is 38.7 Å². The molecule has 1 saturated heterocycles. The molecule has 0 aliphatic carbocycles. The van der Waals surface area contributed by atoms with Gasteiger partial charge in [-0.05, 0) is 61.4 Å². The summed E-state index contributed by atoms with van der Waals surface area (Å²) in [6, 6.07) is 4.07. The van der Waals surface area contributed by atoms with E-state index in [1.165, 1.54) is 0 Å². The molecular formula is C15H22O3. The van der Waals surface area contributed by atoms with Crippen LogP contribution in [0.3, 0.4) is 0 Å². The lowest BCUT2D eigenvalue weighted by Crippen LogP contribution is -2.22. The second-order valence-corrected chi connectivity index (χ2v) is 5.08. The normalized spacial score (nSPS) is 18.7. The van der Waals surface area contributed by atoms with Crippen LogP contribution >= 0.6 is 0 Å². The molecule has 1 aromatic rings. The van der Waals surface area contributed by atoms with E-state index in [0.29, 0.717) is 5.92 Å². The van der Waals surface area contributed by atoms with E-state index in [0.717, 1.165) is 48.5 Å². The highest BCUT2D eigenvalue weighted by molar-refractivity contribution is 5.44. The van der Waals surface area contributed by atoms with Crippen molar-refractivity contribution in [1.82, 2.24) is 0 Å². The van der Waals surface area contributed by atoms with Gasteiger partial charge in [0.05, 0.1) is 13.2 Å². The Balaban J connectivity index is 2.22. The minimum atomic E-state index is -0.391. The smallest absolute Gasteiger partial charge is 0.124 e. The number of aliphatic hydroxyl groups excluding tert-OH is 1. The molecule has 0 saturated carbocycles. The fourth-order valence-corrected chi connectivity index (χ4v) is 2.78. The van der Waals surface area contributed by atoms with Crippen LogP contribution in [0.4, 0.5) is 0 Å².